The van der Waals surface area contributed by atoms with E-state index in [0.717, 1.165) is 10.6 Å². The van der Waals surface area contributed by atoms with Gasteiger partial charge in [-0.05, 0) is 29.5 Å². The number of fused-ring (bicyclic) bond motifs is 1. The average Bonchev–Trinajstić information content (AvgIpc) is 2.76. The Balaban J connectivity index is 1.82. The lowest BCUT2D eigenvalue weighted by molar-refractivity contribution is 0.165. The van der Waals surface area contributed by atoms with Crippen molar-refractivity contribution in [3.05, 3.63) is 47.5 Å². The highest BCUT2D eigenvalue weighted by atomic mass is 32.2. The first kappa shape index (κ1) is 12.4. The maximum Gasteiger partial charge on any atom is 0.149 e. The summed E-state index contributed by atoms with van der Waals surface area (Å²) in [7, 11) is 0. The number of nitrogens with zero attached hydrogens (tertiary/aromatic N) is 2. The summed E-state index contributed by atoms with van der Waals surface area (Å²) in [5.41, 5.74) is 2.34. The van der Waals surface area contributed by atoms with Gasteiger partial charge >= 0.3 is 0 Å². The van der Waals surface area contributed by atoms with Crippen LogP contribution >= 0.6 is 11.8 Å². The van der Waals surface area contributed by atoms with Crippen molar-refractivity contribution < 1.29 is 5.11 Å². The molecule has 0 fully saturated rings. The van der Waals surface area contributed by atoms with Crippen molar-refractivity contribution in [3.8, 4) is 0 Å². The van der Waals surface area contributed by atoms with Crippen molar-refractivity contribution in [2.24, 2.45) is 0 Å². The molecule has 2 aromatic rings. The number of aromatic nitrogens is 2. The number of rotatable bonds is 3. The van der Waals surface area contributed by atoms with Gasteiger partial charge in [0.2, 0.25) is 0 Å². The van der Waals surface area contributed by atoms with E-state index in [1.165, 1.54) is 5.56 Å². The molecule has 98 valence electrons. The monoisotopic (exact) mass is 273 g/mol. The maximum absolute atomic E-state index is 10.2. The Hall–Kier alpha value is -1.59. The third-order valence-corrected chi connectivity index (χ3v) is 3.99. The van der Waals surface area contributed by atoms with Crippen molar-refractivity contribution in [1.29, 1.82) is 0 Å². The standard InChI is InChI=1S/C14H15N3OS/c1-19-13-7-6-12(16-17-13)15-14-10-5-3-2-4-9(10)8-11(14)18/h2-7,11,14,18H,8H2,1H3,(H,15,16)/t11-,14+/m0/s1. The van der Waals surface area contributed by atoms with Crippen molar-refractivity contribution >= 4 is 17.6 Å². The molecule has 0 unspecified atom stereocenters. The predicted octanol–water partition coefficient (Wildman–Crippen LogP) is 2.27. The van der Waals surface area contributed by atoms with Gasteiger partial charge in [0.1, 0.15) is 10.8 Å². The number of anilines is 1. The van der Waals surface area contributed by atoms with Crippen molar-refractivity contribution in [2.75, 3.05) is 11.6 Å². The lowest BCUT2D eigenvalue weighted by Crippen LogP contribution is -2.21. The van der Waals surface area contributed by atoms with E-state index in [1.807, 2.05) is 36.6 Å². The van der Waals surface area contributed by atoms with Crippen LogP contribution in [0.2, 0.25) is 0 Å². The van der Waals surface area contributed by atoms with Gasteiger partial charge in [-0.25, -0.2) is 0 Å². The molecule has 5 heteroatoms. The minimum Gasteiger partial charge on any atom is -0.390 e. The first-order valence-corrected chi connectivity index (χ1v) is 7.40. The quantitative estimate of drug-likeness (QED) is 0.840. The van der Waals surface area contributed by atoms with E-state index in [-0.39, 0.29) is 6.04 Å². The molecule has 1 heterocycles. The average molecular weight is 273 g/mol. The zero-order valence-electron chi connectivity index (χ0n) is 10.6. The number of aliphatic hydroxyl groups excluding tert-OH is 1. The highest BCUT2D eigenvalue weighted by Crippen LogP contribution is 2.33. The fraction of sp³-hybridized carbons (Fsp3) is 0.286. The summed E-state index contributed by atoms with van der Waals surface area (Å²) in [6.45, 7) is 0. The van der Waals surface area contributed by atoms with Gasteiger partial charge in [-0.15, -0.1) is 22.0 Å². The second-order valence-electron chi connectivity index (χ2n) is 4.55. The minimum atomic E-state index is -0.417. The second kappa shape index (κ2) is 5.19. The first-order valence-electron chi connectivity index (χ1n) is 6.18. The van der Waals surface area contributed by atoms with E-state index in [1.54, 1.807) is 11.8 Å². The van der Waals surface area contributed by atoms with Crippen LogP contribution in [0.3, 0.4) is 0 Å². The van der Waals surface area contributed by atoms with Gasteiger partial charge in [0, 0.05) is 6.42 Å². The van der Waals surface area contributed by atoms with E-state index in [2.05, 4.69) is 21.6 Å². The van der Waals surface area contributed by atoms with E-state index in [0.29, 0.717) is 12.2 Å². The highest BCUT2D eigenvalue weighted by molar-refractivity contribution is 7.98. The summed E-state index contributed by atoms with van der Waals surface area (Å²) < 4.78 is 0. The van der Waals surface area contributed by atoms with Crippen LogP contribution in [0, 0.1) is 0 Å². The number of benzene rings is 1. The van der Waals surface area contributed by atoms with Gasteiger partial charge in [0.15, 0.2) is 0 Å². The van der Waals surface area contributed by atoms with Gasteiger partial charge in [-0.3, -0.25) is 0 Å². The van der Waals surface area contributed by atoms with Crippen molar-refractivity contribution in [1.82, 2.24) is 10.2 Å². The summed E-state index contributed by atoms with van der Waals surface area (Å²) in [6, 6.07) is 11.8. The van der Waals surface area contributed by atoms with Crippen LogP contribution in [0.1, 0.15) is 17.2 Å². The number of hydrogen-bond acceptors (Lipinski definition) is 5. The molecule has 0 radical (unpaired) electrons. The maximum atomic E-state index is 10.2. The summed E-state index contributed by atoms with van der Waals surface area (Å²) in [5, 5.41) is 22.5. The third kappa shape index (κ3) is 2.43. The molecule has 1 aliphatic rings. The van der Waals surface area contributed by atoms with Crippen LogP contribution in [0.25, 0.3) is 0 Å². The molecule has 0 spiro atoms. The topological polar surface area (TPSA) is 58.0 Å². The molecule has 0 saturated heterocycles. The number of nitrogens with one attached hydrogen (secondary N) is 1. The molecule has 1 aliphatic carbocycles. The molecule has 3 rings (SSSR count). The molecule has 4 nitrogen and oxygen atoms in total. The van der Waals surface area contributed by atoms with Crippen LogP contribution in [0.4, 0.5) is 5.82 Å². The van der Waals surface area contributed by atoms with Crippen molar-refractivity contribution in [2.45, 2.75) is 23.6 Å². The Morgan fingerprint density at radius 2 is 2.05 bits per heavy atom. The smallest absolute Gasteiger partial charge is 0.149 e. The predicted molar refractivity (Wildman–Crippen MR) is 76.3 cm³/mol. The Morgan fingerprint density at radius 1 is 1.21 bits per heavy atom. The Bertz CT molecular complexity index is 573. The molecular formula is C14H15N3OS. The third-order valence-electron chi connectivity index (χ3n) is 3.36. The Labute approximate surface area is 116 Å². The zero-order chi connectivity index (χ0) is 13.2. The van der Waals surface area contributed by atoms with Gasteiger partial charge < -0.3 is 10.4 Å². The van der Waals surface area contributed by atoms with E-state index in [9.17, 15) is 5.11 Å². The van der Waals surface area contributed by atoms with E-state index >= 15 is 0 Å². The Kier molecular flexibility index (Phi) is 3.40. The molecular weight excluding hydrogens is 258 g/mol. The fourth-order valence-electron chi connectivity index (χ4n) is 2.41. The number of hydrogen-bond donors (Lipinski definition) is 2. The van der Waals surface area contributed by atoms with E-state index in [4.69, 9.17) is 0 Å². The summed E-state index contributed by atoms with van der Waals surface area (Å²) in [6.07, 6.45) is 2.23. The van der Waals surface area contributed by atoms with Crippen LogP contribution in [-0.4, -0.2) is 27.7 Å². The molecule has 0 amide bonds. The van der Waals surface area contributed by atoms with Gasteiger partial charge in [0.05, 0.1) is 12.1 Å². The lowest BCUT2D eigenvalue weighted by Gasteiger charge is -2.18. The molecule has 2 N–H and O–H groups in total. The molecule has 2 atom stereocenters. The van der Waals surface area contributed by atoms with Gasteiger partial charge in [0.25, 0.3) is 0 Å². The summed E-state index contributed by atoms with van der Waals surface area (Å²) >= 11 is 1.56. The minimum absolute atomic E-state index is 0.106. The van der Waals surface area contributed by atoms with Gasteiger partial charge in [-0.1, -0.05) is 24.3 Å². The molecule has 0 aliphatic heterocycles. The van der Waals surface area contributed by atoms with Crippen molar-refractivity contribution in [3.63, 3.8) is 0 Å². The van der Waals surface area contributed by atoms with Crippen LogP contribution < -0.4 is 5.32 Å². The lowest BCUT2D eigenvalue weighted by atomic mass is 10.1. The first-order chi connectivity index (χ1) is 9.28. The molecule has 0 saturated carbocycles. The molecule has 19 heavy (non-hydrogen) atoms. The van der Waals surface area contributed by atoms with Crippen LogP contribution in [-0.2, 0) is 6.42 Å². The Morgan fingerprint density at radius 3 is 2.79 bits per heavy atom. The number of aliphatic hydroxyl groups is 1. The molecule has 0 bridgehead atoms. The van der Waals surface area contributed by atoms with E-state index < -0.39 is 6.10 Å². The number of thioether (sulfide) groups is 1. The normalized spacial score (nSPS) is 21.2. The zero-order valence-corrected chi connectivity index (χ0v) is 11.4. The van der Waals surface area contributed by atoms with Crippen LogP contribution in [0.15, 0.2) is 41.4 Å². The second-order valence-corrected chi connectivity index (χ2v) is 5.38. The summed E-state index contributed by atoms with van der Waals surface area (Å²) in [5.74, 6) is 0.693. The highest BCUT2D eigenvalue weighted by Gasteiger charge is 2.30. The van der Waals surface area contributed by atoms with Crippen LogP contribution in [0.5, 0.6) is 0 Å². The molecule has 1 aromatic carbocycles. The fourth-order valence-corrected chi connectivity index (χ4v) is 2.74. The molecule has 1 aromatic heterocycles. The summed E-state index contributed by atoms with van der Waals surface area (Å²) in [4.78, 5) is 0. The van der Waals surface area contributed by atoms with Gasteiger partial charge in [-0.2, -0.15) is 0 Å². The SMILES string of the molecule is CSc1ccc(N[C@@H]2c3ccccc3C[C@@H]2O)nn1. The largest absolute Gasteiger partial charge is 0.390 e.